The van der Waals surface area contributed by atoms with Gasteiger partial charge in [0.25, 0.3) is 11.8 Å². The first-order valence-corrected chi connectivity index (χ1v) is 7.55. The lowest BCUT2D eigenvalue weighted by Gasteiger charge is -2.17. The molecule has 3 nitrogen and oxygen atoms in total. The number of hydrogen-bond donors (Lipinski definition) is 0. The predicted octanol–water partition coefficient (Wildman–Crippen LogP) is 4.26. The minimum atomic E-state index is -0.246. The molecule has 0 aliphatic carbocycles. The zero-order valence-electron chi connectivity index (χ0n) is 13.0. The Morgan fingerprint density at radius 2 is 1.30 bits per heavy atom. The fourth-order valence-electron chi connectivity index (χ4n) is 3.11. The maximum atomic E-state index is 12.8. The van der Waals surface area contributed by atoms with Crippen molar-refractivity contribution in [1.29, 1.82) is 0 Å². The summed E-state index contributed by atoms with van der Waals surface area (Å²) in [4.78, 5) is 26.9. The molecular formula is C20H15NO2. The van der Waals surface area contributed by atoms with Crippen molar-refractivity contribution in [2.24, 2.45) is 0 Å². The van der Waals surface area contributed by atoms with Crippen molar-refractivity contribution in [2.45, 2.75) is 13.8 Å². The van der Waals surface area contributed by atoms with Crippen LogP contribution in [0.3, 0.4) is 0 Å². The second-order valence-corrected chi connectivity index (χ2v) is 5.98. The quantitative estimate of drug-likeness (QED) is 0.630. The van der Waals surface area contributed by atoms with E-state index >= 15 is 0 Å². The zero-order valence-corrected chi connectivity index (χ0v) is 13.0. The van der Waals surface area contributed by atoms with Crippen LogP contribution < -0.4 is 4.90 Å². The maximum Gasteiger partial charge on any atom is 0.266 e. The van der Waals surface area contributed by atoms with Crippen LogP contribution in [-0.4, -0.2) is 11.8 Å². The van der Waals surface area contributed by atoms with E-state index in [4.69, 9.17) is 0 Å². The normalized spacial score (nSPS) is 13.7. The van der Waals surface area contributed by atoms with Crippen molar-refractivity contribution in [3.8, 4) is 0 Å². The molecule has 0 bridgehead atoms. The van der Waals surface area contributed by atoms with E-state index in [1.54, 1.807) is 0 Å². The van der Waals surface area contributed by atoms with Crippen LogP contribution in [0.2, 0.25) is 0 Å². The summed E-state index contributed by atoms with van der Waals surface area (Å²) in [5, 5.41) is 1.94. The summed E-state index contributed by atoms with van der Waals surface area (Å²) in [5.74, 6) is -0.492. The molecule has 4 rings (SSSR count). The van der Waals surface area contributed by atoms with Crippen LogP contribution in [0.5, 0.6) is 0 Å². The summed E-state index contributed by atoms with van der Waals surface area (Å²) in [7, 11) is 0. The van der Waals surface area contributed by atoms with E-state index in [1.165, 1.54) is 4.90 Å². The number of rotatable bonds is 1. The maximum absolute atomic E-state index is 12.8. The van der Waals surface area contributed by atoms with Crippen LogP contribution in [0.1, 0.15) is 31.8 Å². The lowest BCUT2D eigenvalue weighted by Crippen LogP contribution is -2.30. The Kier molecular flexibility index (Phi) is 2.85. The van der Waals surface area contributed by atoms with Gasteiger partial charge in [-0.1, -0.05) is 36.4 Å². The highest BCUT2D eigenvalue weighted by Gasteiger charge is 2.37. The van der Waals surface area contributed by atoms with E-state index < -0.39 is 0 Å². The highest BCUT2D eigenvalue weighted by Crippen LogP contribution is 2.33. The average Bonchev–Trinajstić information content (AvgIpc) is 2.79. The monoisotopic (exact) mass is 301 g/mol. The van der Waals surface area contributed by atoms with Crippen LogP contribution in [0.25, 0.3) is 10.8 Å². The number of imide groups is 1. The van der Waals surface area contributed by atoms with E-state index in [0.717, 1.165) is 21.9 Å². The molecule has 0 saturated carbocycles. The molecule has 3 heteroatoms. The van der Waals surface area contributed by atoms with E-state index in [1.807, 2.05) is 68.4 Å². The van der Waals surface area contributed by atoms with Gasteiger partial charge in [-0.15, -0.1) is 0 Å². The Labute approximate surface area is 134 Å². The van der Waals surface area contributed by atoms with E-state index in [9.17, 15) is 9.59 Å². The molecule has 0 unspecified atom stereocenters. The number of carbonyl (C=O) groups excluding carboxylic acids is 2. The van der Waals surface area contributed by atoms with Crippen molar-refractivity contribution in [3.63, 3.8) is 0 Å². The van der Waals surface area contributed by atoms with Crippen molar-refractivity contribution in [1.82, 2.24) is 0 Å². The molecule has 0 radical (unpaired) electrons. The Bertz CT molecular complexity index is 934. The molecule has 0 aromatic heterocycles. The minimum absolute atomic E-state index is 0.246. The van der Waals surface area contributed by atoms with Crippen molar-refractivity contribution < 1.29 is 9.59 Å². The fraction of sp³-hybridized carbons (Fsp3) is 0.100. The van der Waals surface area contributed by atoms with Gasteiger partial charge in [0.05, 0.1) is 16.8 Å². The molecule has 0 N–H and O–H groups in total. The third-order valence-electron chi connectivity index (χ3n) is 4.36. The average molecular weight is 301 g/mol. The molecule has 0 fully saturated rings. The SMILES string of the molecule is Cc1ccc(C)c(N2C(=O)c3cc4ccccc4cc3C2=O)c1. The zero-order chi connectivity index (χ0) is 16.1. The van der Waals surface area contributed by atoms with Gasteiger partial charge in [0.15, 0.2) is 0 Å². The molecule has 1 aliphatic rings. The standard InChI is InChI=1S/C20H15NO2/c1-12-7-8-13(2)18(9-12)21-19(22)16-10-14-5-3-4-6-15(14)11-17(16)20(21)23/h3-11H,1-2H3. The fourth-order valence-corrected chi connectivity index (χ4v) is 3.11. The predicted molar refractivity (Wildman–Crippen MR) is 91.0 cm³/mol. The number of fused-ring (bicyclic) bond motifs is 2. The van der Waals surface area contributed by atoms with Gasteiger partial charge in [-0.2, -0.15) is 0 Å². The van der Waals surface area contributed by atoms with Gasteiger partial charge in [-0.05, 0) is 53.9 Å². The molecule has 2 amide bonds. The second-order valence-electron chi connectivity index (χ2n) is 5.98. The second kappa shape index (κ2) is 4.78. The Hall–Kier alpha value is -2.94. The van der Waals surface area contributed by atoms with E-state index in [-0.39, 0.29) is 11.8 Å². The Balaban J connectivity index is 1.92. The first kappa shape index (κ1) is 13.7. The molecule has 1 aliphatic heterocycles. The van der Waals surface area contributed by atoms with Gasteiger partial charge in [0.1, 0.15) is 0 Å². The smallest absolute Gasteiger partial charge is 0.266 e. The largest absolute Gasteiger partial charge is 0.268 e. The minimum Gasteiger partial charge on any atom is -0.268 e. The number of aryl methyl sites for hydroxylation is 2. The van der Waals surface area contributed by atoms with Crippen molar-refractivity contribution in [3.05, 3.63) is 76.9 Å². The van der Waals surface area contributed by atoms with Crippen molar-refractivity contribution in [2.75, 3.05) is 4.90 Å². The third kappa shape index (κ3) is 1.97. The lowest BCUT2D eigenvalue weighted by molar-refractivity contribution is 0.0926. The molecule has 23 heavy (non-hydrogen) atoms. The molecule has 0 atom stereocenters. The number of amides is 2. The van der Waals surface area contributed by atoms with Crippen molar-refractivity contribution >= 4 is 28.3 Å². The van der Waals surface area contributed by atoms with Crippen LogP contribution >= 0.6 is 0 Å². The number of nitrogens with zero attached hydrogens (tertiary/aromatic N) is 1. The highest BCUT2D eigenvalue weighted by atomic mass is 16.2. The summed E-state index contributed by atoms with van der Waals surface area (Å²) in [6, 6.07) is 17.2. The molecule has 0 spiro atoms. The third-order valence-corrected chi connectivity index (χ3v) is 4.36. The molecule has 0 saturated heterocycles. The summed E-state index contributed by atoms with van der Waals surface area (Å²) < 4.78 is 0. The van der Waals surface area contributed by atoms with Crippen LogP contribution in [0.15, 0.2) is 54.6 Å². The van der Waals surface area contributed by atoms with E-state index in [0.29, 0.717) is 16.8 Å². The van der Waals surface area contributed by atoms with Gasteiger partial charge in [-0.25, -0.2) is 4.90 Å². The Morgan fingerprint density at radius 1 is 0.739 bits per heavy atom. The topological polar surface area (TPSA) is 37.4 Å². The molecule has 1 heterocycles. The molecule has 3 aromatic rings. The van der Waals surface area contributed by atoms with Gasteiger partial charge in [-0.3, -0.25) is 9.59 Å². The first-order valence-electron chi connectivity index (χ1n) is 7.55. The number of hydrogen-bond acceptors (Lipinski definition) is 2. The van der Waals surface area contributed by atoms with Crippen LogP contribution in [0, 0.1) is 13.8 Å². The molecule has 3 aromatic carbocycles. The molecular weight excluding hydrogens is 286 g/mol. The van der Waals surface area contributed by atoms with Crippen LogP contribution in [0.4, 0.5) is 5.69 Å². The number of carbonyl (C=O) groups is 2. The highest BCUT2D eigenvalue weighted by molar-refractivity contribution is 6.35. The Morgan fingerprint density at radius 3 is 1.87 bits per heavy atom. The summed E-state index contributed by atoms with van der Waals surface area (Å²) >= 11 is 0. The van der Waals surface area contributed by atoms with Gasteiger partial charge >= 0.3 is 0 Å². The number of benzene rings is 3. The van der Waals surface area contributed by atoms with Gasteiger partial charge < -0.3 is 0 Å². The van der Waals surface area contributed by atoms with Gasteiger partial charge in [0, 0.05) is 0 Å². The molecule has 112 valence electrons. The van der Waals surface area contributed by atoms with E-state index in [2.05, 4.69) is 0 Å². The van der Waals surface area contributed by atoms with Crippen LogP contribution in [-0.2, 0) is 0 Å². The lowest BCUT2D eigenvalue weighted by atomic mass is 10.0. The first-order chi connectivity index (χ1) is 11.1. The number of anilines is 1. The summed E-state index contributed by atoms with van der Waals surface area (Å²) in [6.45, 7) is 3.87. The summed E-state index contributed by atoms with van der Waals surface area (Å²) in [5.41, 5.74) is 3.56. The van der Waals surface area contributed by atoms with Gasteiger partial charge in [0.2, 0.25) is 0 Å². The summed E-state index contributed by atoms with van der Waals surface area (Å²) in [6.07, 6.45) is 0.